The first kappa shape index (κ1) is 18.2. The largest absolute Gasteiger partial charge is 0.317 e. The molecular formula is C16H20FN3O3S2. The van der Waals surface area contributed by atoms with Crippen molar-refractivity contribution in [3.8, 4) is 0 Å². The number of sulfonamides is 1. The zero-order valence-corrected chi connectivity index (χ0v) is 15.7. The molecular weight excluding hydrogens is 365 g/mol. The molecule has 3 rings (SSSR count). The maximum atomic E-state index is 13.4. The molecule has 0 spiro atoms. The van der Waals surface area contributed by atoms with E-state index < -0.39 is 10.0 Å². The Morgan fingerprint density at radius 1 is 1.36 bits per heavy atom. The van der Waals surface area contributed by atoms with Crippen LogP contribution in [-0.2, 0) is 21.4 Å². The summed E-state index contributed by atoms with van der Waals surface area (Å²) in [5.74, 6) is -0.823. The quantitative estimate of drug-likeness (QED) is 0.811. The second-order valence-corrected chi connectivity index (χ2v) is 9.12. The summed E-state index contributed by atoms with van der Waals surface area (Å²) >= 11 is 1.29. The van der Waals surface area contributed by atoms with Crippen molar-refractivity contribution >= 4 is 37.5 Å². The lowest BCUT2D eigenvalue weighted by atomic mass is 9.98. The Bertz CT molecular complexity index is 970. The van der Waals surface area contributed by atoms with Crippen LogP contribution >= 0.6 is 11.3 Å². The molecule has 9 heteroatoms. The predicted octanol–water partition coefficient (Wildman–Crippen LogP) is 1.96. The van der Waals surface area contributed by atoms with Crippen molar-refractivity contribution in [1.29, 1.82) is 0 Å². The number of thiazole rings is 1. The summed E-state index contributed by atoms with van der Waals surface area (Å²) in [6, 6.07) is 4.53. The van der Waals surface area contributed by atoms with E-state index >= 15 is 0 Å². The fraction of sp³-hybridized carbons (Fsp3) is 0.500. The van der Waals surface area contributed by atoms with Crippen molar-refractivity contribution in [2.75, 3.05) is 19.3 Å². The fourth-order valence-electron chi connectivity index (χ4n) is 3.06. The van der Waals surface area contributed by atoms with Gasteiger partial charge in [0.15, 0.2) is 4.80 Å². The third-order valence-corrected chi connectivity index (χ3v) is 6.78. The molecule has 25 heavy (non-hydrogen) atoms. The zero-order valence-electron chi connectivity index (χ0n) is 14.1. The first-order valence-electron chi connectivity index (χ1n) is 8.12. The molecule has 0 N–H and O–H groups in total. The van der Waals surface area contributed by atoms with Gasteiger partial charge in [0.2, 0.25) is 10.0 Å². The molecule has 1 aromatic carbocycles. The van der Waals surface area contributed by atoms with Gasteiger partial charge in [0, 0.05) is 25.6 Å². The van der Waals surface area contributed by atoms with Gasteiger partial charge in [-0.1, -0.05) is 11.3 Å². The van der Waals surface area contributed by atoms with Gasteiger partial charge in [0.1, 0.15) is 5.82 Å². The minimum atomic E-state index is -3.21. The summed E-state index contributed by atoms with van der Waals surface area (Å²) in [6.45, 7) is 3.26. The molecule has 0 radical (unpaired) electrons. The monoisotopic (exact) mass is 385 g/mol. The highest BCUT2D eigenvalue weighted by molar-refractivity contribution is 7.88. The molecule has 1 fully saturated rings. The third kappa shape index (κ3) is 3.83. The van der Waals surface area contributed by atoms with E-state index in [2.05, 4.69) is 4.99 Å². The normalized spacial score (nSPS) is 18.1. The number of benzene rings is 1. The number of halogens is 1. The standard InChI is InChI=1S/C16H20FN3O3S2/c1-3-20-13-5-4-12(17)10-14(13)24-16(20)18-15(21)11-6-8-19(9-7-11)25(2,22)23/h4-5,10-11H,3,6-9H2,1-2H3. The van der Waals surface area contributed by atoms with Gasteiger partial charge in [-0.3, -0.25) is 4.79 Å². The average Bonchev–Trinajstić information content (AvgIpc) is 2.90. The number of carbonyl (C=O) groups excluding carboxylic acids is 1. The number of hydrogen-bond acceptors (Lipinski definition) is 4. The first-order chi connectivity index (χ1) is 11.8. The van der Waals surface area contributed by atoms with Crippen molar-refractivity contribution in [2.24, 2.45) is 10.9 Å². The molecule has 1 aliphatic heterocycles. The van der Waals surface area contributed by atoms with Crippen molar-refractivity contribution in [3.05, 3.63) is 28.8 Å². The molecule has 2 aromatic rings. The summed E-state index contributed by atoms with van der Waals surface area (Å²) in [7, 11) is -3.21. The summed E-state index contributed by atoms with van der Waals surface area (Å²) in [5.41, 5.74) is 0.854. The van der Waals surface area contributed by atoms with Crippen LogP contribution < -0.4 is 4.80 Å². The highest BCUT2D eigenvalue weighted by Crippen LogP contribution is 2.21. The van der Waals surface area contributed by atoms with Gasteiger partial charge in [-0.25, -0.2) is 17.1 Å². The van der Waals surface area contributed by atoms with Crippen LogP contribution in [-0.4, -0.2) is 42.5 Å². The maximum Gasteiger partial charge on any atom is 0.251 e. The molecule has 1 saturated heterocycles. The number of hydrogen-bond donors (Lipinski definition) is 0. The van der Waals surface area contributed by atoms with Gasteiger partial charge in [-0.15, -0.1) is 0 Å². The van der Waals surface area contributed by atoms with Gasteiger partial charge in [-0.2, -0.15) is 4.99 Å². The highest BCUT2D eigenvalue weighted by Gasteiger charge is 2.28. The molecule has 0 unspecified atom stereocenters. The predicted molar refractivity (Wildman–Crippen MR) is 95.2 cm³/mol. The molecule has 6 nitrogen and oxygen atoms in total. The molecule has 1 aromatic heterocycles. The Balaban J connectivity index is 1.86. The van der Waals surface area contributed by atoms with Crippen LogP contribution in [0.15, 0.2) is 23.2 Å². The zero-order chi connectivity index (χ0) is 18.2. The Morgan fingerprint density at radius 3 is 2.64 bits per heavy atom. The number of nitrogens with zero attached hydrogens (tertiary/aromatic N) is 3. The van der Waals surface area contributed by atoms with E-state index in [4.69, 9.17) is 0 Å². The number of aromatic nitrogens is 1. The van der Waals surface area contributed by atoms with Crippen LogP contribution in [0.1, 0.15) is 19.8 Å². The maximum absolute atomic E-state index is 13.4. The van der Waals surface area contributed by atoms with Crippen LogP contribution in [0.5, 0.6) is 0 Å². The molecule has 2 heterocycles. The van der Waals surface area contributed by atoms with Crippen LogP contribution in [0.2, 0.25) is 0 Å². The van der Waals surface area contributed by atoms with Crippen LogP contribution in [0.3, 0.4) is 0 Å². The summed E-state index contributed by atoms with van der Waals surface area (Å²) < 4.78 is 40.5. The number of amides is 1. The van der Waals surface area contributed by atoms with Gasteiger partial charge in [0.25, 0.3) is 5.91 Å². The van der Waals surface area contributed by atoms with Crippen molar-refractivity contribution in [2.45, 2.75) is 26.3 Å². The van der Waals surface area contributed by atoms with Crippen LogP contribution in [0.4, 0.5) is 4.39 Å². The molecule has 136 valence electrons. The van der Waals surface area contributed by atoms with Crippen molar-refractivity contribution in [3.63, 3.8) is 0 Å². The SMILES string of the molecule is CCn1c(=NC(=O)C2CCN(S(C)(=O)=O)CC2)sc2cc(F)ccc21. The van der Waals surface area contributed by atoms with Crippen LogP contribution in [0.25, 0.3) is 10.2 Å². The number of carbonyl (C=O) groups is 1. The lowest BCUT2D eigenvalue weighted by Crippen LogP contribution is -2.39. The summed E-state index contributed by atoms with van der Waals surface area (Å²) in [6.07, 6.45) is 2.13. The minimum Gasteiger partial charge on any atom is -0.317 e. The Kier molecular flexibility index (Phi) is 5.08. The lowest BCUT2D eigenvalue weighted by Gasteiger charge is -2.28. The lowest BCUT2D eigenvalue weighted by molar-refractivity contribution is -0.122. The Morgan fingerprint density at radius 2 is 2.04 bits per heavy atom. The minimum absolute atomic E-state index is 0.234. The smallest absolute Gasteiger partial charge is 0.251 e. The van der Waals surface area contributed by atoms with E-state index in [1.807, 2.05) is 11.5 Å². The average molecular weight is 385 g/mol. The molecule has 0 bridgehead atoms. The molecule has 0 saturated carbocycles. The molecule has 0 aliphatic carbocycles. The van der Waals surface area contributed by atoms with Gasteiger partial charge >= 0.3 is 0 Å². The third-order valence-electron chi connectivity index (χ3n) is 4.44. The molecule has 1 aliphatic rings. The topological polar surface area (TPSA) is 71.7 Å². The summed E-state index contributed by atoms with van der Waals surface area (Å²) in [4.78, 5) is 17.3. The number of aryl methyl sites for hydroxylation is 1. The number of fused-ring (bicyclic) bond motifs is 1. The Labute approximate surface area is 149 Å². The van der Waals surface area contributed by atoms with Gasteiger partial charge in [0.05, 0.1) is 16.5 Å². The van der Waals surface area contributed by atoms with E-state index in [9.17, 15) is 17.6 Å². The van der Waals surface area contributed by atoms with Crippen molar-refractivity contribution in [1.82, 2.24) is 8.87 Å². The van der Waals surface area contributed by atoms with Crippen LogP contribution in [0, 0.1) is 11.7 Å². The van der Waals surface area contributed by atoms with E-state index in [0.29, 0.717) is 37.3 Å². The van der Waals surface area contributed by atoms with E-state index in [1.165, 1.54) is 34.0 Å². The summed E-state index contributed by atoms with van der Waals surface area (Å²) in [5, 5.41) is 0. The second kappa shape index (κ2) is 6.97. The number of rotatable bonds is 3. The van der Waals surface area contributed by atoms with E-state index in [-0.39, 0.29) is 17.6 Å². The van der Waals surface area contributed by atoms with Gasteiger partial charge in [-0.05, 0) is 38.0 Å². The Hall–Kier alpha value is -1.58. The van der Waals surface area contributed by atoms with E-state index in [0.717, 1.165) is 10.2 Å². The van der Waals surface area contributed by atoms with Crippen molar-refractivity contribution < 1.29 is 17.6 Å². The van der Waals surface area contributed by atoms with E-state index in [1.54, 1.807) is 6.07 Å². The molecule has 0 atom stereocenters. The second-order valence-electron chi connectivity index (χ2n) is 6.13. The fourth-order valence-corrected chi connectivity index (χ4v) is 5.06. The first-order valence-corrected chi connectivity index (χ1v) is 10.8. The molecule has 1 amide bonds. The number of piperidine rings is 1. The van der Waals surface area contributed by atoms with Gasteiger partial charge < -0.3 is 4.57 Å². The highest BCUT2D eigenvalue weighted by atomic mass is 32.2.